The molecule has 2 heterocycles. The summed E-state index contributed by atoms with van der Waals surface area (Å²) in [5.41, 5.74) is 1.28. The molecular formula is C20H17Cl2FN4O2. The average molecular weight is 435 g/mol. The summed E-state index contributed by atoms with van der Waals surface area (Å²) in [5, 5.41) is 7.40. The van der Waals surface area contributed by atoms with Gasteiger partial charge in [-0.25, -0.2) is 9.18 Å². The van der Waals surface area contributed by atoms with Crippen LogP contribution in [0.1, 0.15) is 24.7 Å². The molecule has 0 radical (unpaired) electrons. The van der Waals surface area contributed by atoms with E-state index in [1.54, 1.807) is 17.0 Å². The standard InChI is InChI=1S/C20H17Cl2FN4O2/c21-14-3-1-12(2-4-14)18-25-19(29-26-18)13-7-9-27(10-8-13)20(28)24-15-5-6-17(23)16(22)11-15/h1-6,11,13H,7-10H2,(H,24,28). The smallest absolute Gasteiger partial charge is 0.321 e. The Morgan fingerprint density at radius 1 is 1.14 bits per heavy atom. The molecule has 6 nitrogen and oxygen atoms in total. The third-order valence-electron chi connectivity index (χ3n) is 4.85. The second kappa shape index (κ2) is 8.39. The fourth-order valence-corrected chi connectivity index (χ4v) is 3.53. The van der Waals surface area contributed by atoms with Crippen LogP contribution in [0.25, 0.3) is 11.4 Å². The third-order valence-corrected chi connectivity index (χ3v) is 5.39. The molecule has 2 amide bonds. The van der Waals surface area contributed by atoms with Gasteiger partial charge in [-0.15, -0.1) is 0 Å². The van der Waals surface area contributed by atoms with Gasteiger partial charge in [-0.05, 0) is 55.3 Å². The van der Waals surface area contributed by atoms with E-state index in [0.717, 1.165) is 5.56 Å². The van der Waals surface area contributed by atoms with Crippen LogP contribution in [0.4, 0.5) is 14.9 Å². The molecular weight excluding hydrogens is 418 g/mol. The highest BCUT2D eigenvalue weighted by atomic mass is 35.5. The zero-order valence-corrected chi connectivity index (χ0v) is 16.8. The maximum absolute atomic E-state index is 13.2. The van der Waals surface area contributed by atoms with E-state index < -0.39 is 5.82 Å². The minimum atomic E-state index is -0.525. The number of rotatable bonds is 3. The van der Waals surface area contributed by atoms with Crippen molar-refractivity contribution in [1.29, 1.82) is 0 Å². The highest BCUT2D eigenvalue weighted by Gasteiger charge is 2.27. The van der Waals surface area contributed by atoms with Crippen LogP contribution in [0.5, 0.6) is 0 Å². The van der Waals surface area contributed by atoms with Crippen molar-refractivity contribution in [3.05, 3.63) is 64.2 Å². The first-order valence-electron chi connectivity index (χ1n) is 9.10. The van der Waals surface area contributed by atoms with Gasteiger partial charge in [0.2, 0.25) is 11.7 Å². The summed E-state index contributed by atoms with van der Waals surface area (Å²) in [5.74, 6) is 0.654. The Kier molecular flexibility index (Phi) is 5.69. The van der Waals surface area contributed by atoms with E-state index in [-0.39, 0.29) is 17.0 Å². The summed E-state index contributed by atoms with van der Waals surface area (Å²) < 4.78 is 18.7. The average Bonchev–Trinajstić information content (AvgIpc) is 3.21. The molecule has 0 aliphatic carbocycles. The molecule has 2 aromatic carbocycles. The predicted octanol–water partition coefficient (Wildman–Crippen LogP) is 5.59. The van der Waals surface area contributed by atoms with Crippen molar-refractivity contribution >= 4 is 34.9 Å². The SMILES string of the molecule is O=C(Nc1ccc(F)c(Cl)c1)N1CCC(c2nc(-c3ccc(Cl)cc3)no2)CC1. The first kappa shape index (κ1) is 19.7. The van der Waals surface area contributed by atoms with Crippen LogP contribution in [0, 0.1) is 5.82 Å². The number of amides is 2. The Morgan fingerprint density at radius 3 is 2.55 bits per heavy atom. The van der Waals surface area contributed by atoms with E-state index in [2.05, 4.69) is 15.5 Å². The van der Waals surface area contributed by atoms with Crippen LogP contribution in [-0.2, 0) is 0 Å². The predicted molar refractivity (Wildman–Crippen MR) is 109 cm³/mol. The van der Waals surface area contributed by atoms with Crippen molar-refractivity contribution in [1.82, 2.24) is 15.0 Å². The fourth-order valence-electron chi connectivity index (χ4n) is 3.22. The summed E-state index contributed by atoms with van der Waals surface area (Å²) >= 11 is 11.7. The van der Waals surface area contributed by atoms with Gasteiger partial charge in [0.1, 0.15) is 5.82 Å². The largest absolute Gasteiger partial charge is 0.339 e. The first-order chi connectivity index (χ1) is 14.0. The molecule has 1 aliphatic rings. The van der Waals surface area contributed by atoms with Crippen molar-refractivity contribution < 1.29 is 13.7 Å². The van der Waals surface area contributed by atoms with Crippen LogP contribution in [-0.4, -0.2) is 34.2 Å². The van der Waals surface area contributed by atoms with Crippen LogP contribution in [0.15, 0.2) is 47.0 Å². The Bertz CT molecular complexity index is 1020. The molecule has 150 valence electrons. The zero-order valence-electron chi connectivity index (χ0n) is 15.2. The topological polar surface area (TPSA) is 71.3 Å². The molecule has 0 bridgehead atoms. The normalized spacial score (nSPS) is 14.8. The maximum atomic E-state index is 13.2. The molecule has 0 saturated carbocycles. The number of benzene rings is 2. The fraction of sp³-hybridized carbons (Fsp3) is 0.250. The van der Waals surface area contributed by atoms with Crippen LogP contribution in [0.3, 0.4) is 0 Å². The number of urea groups is 1. The Morgan fingerprint density at radius 2 is 1.86 bits per heavy atom. The van der Waals surface area contributed by atoms with Crippen LogP contribution >= 0.6 is 23.2 Å². The number of aromatic nitrogens is 2. The van der Waals surface area contributed by atoms with Gasteiger partial charge in [-0.1, -0.05) is 28.4 Å². The second-order valence-corrected chi connectivity index (χ2v) is 7.63. The molecule has 3 aromatic rings. The molecule has 9 heteroatoms. The molecule has 1 fully saturated rings. The third kappa shape index (κ3) is 4.52. The summed E-state index contributed by atoms with van der Waals surface area (Å²) in [7, 11) is 0. The zero-order chi connectivity index (χ0) is 20.4. The van der Waals surface area contributed by atoms with Gasteiger partial charge < -0.3 is 14.7 Å². The van der Waals surface area contributed by atoms with Gasteiger partial charge in [0, 0.05) is 35.3 Å². The van der Waals surface area contributed by atoms with Gasteiger partial charge in [-0.2, -0.15) is 4.98 Å². The van der Waals surface area contributed by atoms with Crippen molar-refractivity contribution in [2.75, 3.05) is 18.4 Å². The molecule has 1 saturated heterocycles. The van der Waals surface area contributed by atoms with Crippen molar-refractivity contribution in [2.24, 2.45) is 0 Å². The summed E-state index contributed by atoms with van der Waals surface area (Å²) in [6, 6.07) is 11.1. The van der Waals surface area contributed by atoms with Crippen molar-refractivity contribution in [3.8, 4) is 11.4 Å². The molecule has 0 unspecified atom stereocenters. The number of nitrogens with one attached hydrogen (secondary N) is 1. The number of anilines is 1. The summed E-state index contributed by atoms with van der Waals surface area (Å²) in [6.45, 7) is 1.09. The molecule has 1 aliphatic heterocycles. The highest BCUT2D eigenvalue weighted by molar-refractivity contribution is 6.31. The van der Waals surface area contributed by atoms with Gasteiger partial charge in [0.25, 0.3) is 0 Å². The van der Waals surface area contributed by atoms with Gasteiger partial charge in [0.15, 0.2) is 0 Å². The lowest BCUT2D eigenvalue weighted by molar-refractivity contribution is 0.187. The molecule has 1 aromatic heterocycles. The van der Waals surface area contributed by atoms with Crippen molar-refractivity contribution in [3.63, 3.8) is 0 Å². The number of carbonyl (C=O) groups excluding carboxylic acids is 1. The van der Waals surface area contributed by atoms with E-state index >= 15 is 0 Å². The number of carbonyl (C=O) groups is 1. The minimum Gasteiger partial charge on any atom is -0.339 e. The van der Waals surface area contributed by atoms with Gasteiger partial charge >= 0.3 is 6.03 Å². The molecule has 4 rings (SSSR count). The minimum absolute atomic E-state index is 0.0330. The molecule has 0 spiro atoms. The van der Waals surface area contributed by atoms with E-state index in [4.69, 9.17) is 27.7 Å². The lowest BCUT2D eigenvalue weighted by atomic mass is 9.97. The molecule has 0 atom stereocenters. The Labute approximate surface area is 176 Å². The summed E-state index contributed by atoms with van der Waals surface area (Å²) in [6.07, 6.45) is 1.42. The summed E-state index contributed by atoms with van der Waals surface area (Å²) in [4.78, 5) is 18.6. The molecule has 1 N–H and O–H groups in total. The number of halogens is 3. The van der Waals surface area contributed by atoms with E-state index in [9.17, 15) is 9.18 Å². The number of nitrogens with zero attached hydrogens (tertiary/aromatic N) is 3. The van der Waals surface area contributed by atoms with Gasteiger partial charge in [0.05, 0.1) is 5.02 Å². The van der Waals surface area contributed by atoms with Crippen molar-refractivity contribution in [2.45, 2.75) is 18.8 Å². The number of hydrogen-bond acceptors (Lipinski definition) is 4. The lowest BCUT2D eigenvalue weighted by Gasteiger charge is -2.30. The maximum Gasteiger partial charge on any atom is 0.321 e. The number of likely N-dealkylation sites (tertiary alicyclic amines) is 1. The van der Waals surface area contributed by atoms with E-state index in [1.807, 2.05) is 12.1 Å². The monoisotopic (exact) mass is 434 g/mol. The van der Waals surface area contributed by atoms with Gasteiger partial charge in [-0.3, -0.25) is 0 Å². The quantitative estimate of drug-likeness (QED) is 0.582. The Hall–Kier alpha value is -2.64. The van der Waals surface area contributed by atoms with E-state index in [1.165, 1.54) is 18.2 Å². The second-order valence-electron chi connectivity index (χ2n) is 6.78. The Balaban J connectivity index is 1.35. The van der Waals surface area contributed by atoms with Crippen LogP contribution in [0.2, 0.25) is 10.0 Å². The number of hydrogen-bond donors (Lipinski definition) is 1. The van der Waals surface area contributed by atoms with Crippen LogP contribution < -0.4 is 5.32 Å². The van der Waals surface area contributed by atoms with E-state index in [0.29, 0.717) is 48.4 Å². The first-order valence-corrected chi connectivity index (χ1v) is 9.86. The lowest BCUT2D eigenvalue weighted by Crippen LogP contribution is -2.40. The number of piperidine rings is 1. The highest BCUT2D eigenvalue weighted by Crippen LogP contribution is 2.29. The molecule has 29 heavy (non-hydrogen) atoms.